The molecule has 0 fully saturated rings. The van der Waals surface area contributed by atoms with Crippen molar-refractivity contribution < 1.29 is 13.6 Å². The predicted octanol–water partition coefficient (Wildman–Crippen LogP) is 4.35. The van der Waals surface area contributed by atoms with Gasteiger partial charge in [-0.25, -0.2) is 4.57 Å². The van der Waals surface area contributed by atoms with Crippen LogP contribution in [0.5, 0.6) is 5.75 Å². The summed E-state index contributed by atoms with van der Waals surface area (Å²) in [4.78, 5) is 0. The molecule has 1 aromatic rings. The summed E-state index contributed by atoms with van der Waals surface area (Å²) in [6.45, 7) is 1.20. The van der Waals surface area contributed by atoms with Crippen LogP contribution in [0.25, 0.3) is 0 Å². The minimum Gasteiger partial charge on any atom is -0.417 e. The zero-order valence-corrected chi connectivity index (χ0v) is 11.3. The van der Waals surface area contributed by atoms with Gasteiger partial charge in [-0.3, -0.25) is 4.52 Å². The molecule has 3 nitrogen and oxygen atoms in total. The first-order valence-corrected chi connectivity index (χ1v) is 8.47. The molecule has 0 amide bonds. The minimum atomic E-state index is -3.04. The number of hydrogen-bond donors (Lipinski definition) is 0. The Hall–Kier alpha value is -0.440. The van der Waals surface area contributed by atoms with Crippen molar-refractivity contribution in [3.63, 3.8) is 0 Å². The molecule has 90 valence electrons. The van der Waals surface area contributed by atoms with Crippen LogP contribution in [0.4, 0.5) is 0 Å². The quantitative estimate of drug-likeness (QED) is 0.683. The van der Waals surface area contributed by atoms with Crippen LogP contribution < -0.4 is 4.52 Å². The van der Waals surface area contributed by atoms with Crippen LogP contribution in [0, 0.1) is 0 Å². The lowest BCUT2D eigenvalue weighted by Crippen LogP contribution is -1.95. The summed E-state index contributed by atoms with van der Waals surface area (Å²) in [6, 6.07) is 9.13. The largest absolute Gasteiger partial charge is 0.440 e. The van der Waals surface area contributed by atoms with Crippen molar-refractivity contribution in [3.05, 3.63) is 30.3 Å². The number of benzene rings is 1. The Balaban J connectivity index is 2.67. The lowest BCUT2D eigenvalue weighted by molar-refractivity contribution is 0.296. The van der Waals surface area contributed by atoms with Crippen LogP contribution in [-0.4, -0.2) is 12.4 Å². The fourth-order valence-electron chi connectivity index (χ4n) is 1.06. The standard InChI is InChI=1S/C11H17O3PS/c1-3-10-16-15(12,13-4-2)14-11-8-6-5-7-9-11/h5-9H,3-4,10H2,1-2H3. The summed E-state index contributed by atoms with van der Waals surface area (Å²) in [5.41, 5.74) is 0. The van der Waals surface area contributed by atoms with Crippen LogP contribution in [0.1, 0.15) is 20.3 Å². The first kappa shape index (κ1) is 13.6. The van der Waals surface area contributed by atoms with Crippen LogP contribution in [0.3, 0.4) is 0 Å². The SMILES string of the molecule is CCCSP(=O)(OCC)Oc1ccccc1. The van der Waals surface area contributed by atoms with E-state index >= 15 is 0 Å². The third kappa shape index (κ3) is 4.60. The topological polar surface area (TPSA) is 35.5 Å². The van der Waals surface area contributed by atoms with E-state index in [1.165, 1.54) is 11.4 Å². The molecule has 0 radical (unpaired) electrons. The highest BCUT2D eigenvalue weighted by Gasteiger charge is 2.26. The molecule has 0 heterocycles. The maximum Gasteiger partial charge on any atom is 0.440 e. The second-order valence-corrected chi connectivity index (χ2v) is 7.22. The highest BCUT2D eigenvalue weighted by atomic mass is 32.7. The fraction of sp³-hybridized carbons (Fsp3) is 0.455. The average molecular weight is 260 g/mol. The Bertz CT molecular complexity index is 342. The van der Waals surface area contributed by atoms with E-state index in [1.807, 2.05) is 32.0 Å². The molecule has 0 aliphatic carbocycles. The first-order valence-electron chi connectivity index (χ1n) is 5.34. The summed E-state index contributed by atoms with van der Waals surface area (Å²) in [5.74, 6) is 1.35. The molecule has 1 unspecified atom stereocenters. The van der Waals surface area contributed by atoms with Gasteiger partial charge in [-0.2, -0.15) is 0 Å². The second kappa shape index (κ2) is 7.00. The van der Waals surface area contributed by atoms with Crippen molar-refractivity contribution >= 4 is 18.2 Å². The highest BCUT2D eigenvalue weighted by Crippen LogP contribution is 2.60. The van der Waals surface area contributed by atoms with Gasteiger partial charge < -0.3 is 4.52 Å². The molecular formula is C11H17O3PS. The van der Waals surface area contributed by atoms with Crippen molar-refractivity contribution in [1.82, 2.24) is 0 Å². The van der Waals surface area contributed by atoms with Crippen LogP contribution in [-0.2, 0) is 9.09 Å². The van der Waals surface area contributed by atoms with Crippen molar-refractivity contribution in [1.29, 1.82) is 0 Å². The van der Waals surface area contributed by atoms with Gasteiger partial charge in [0.15, 0.2) is 0 Å². The molecular weight excluding hydrogens is 243 g/mol. The van der Waals surface area contributed by atoms with E-state index in [2.05, 4.69) is 0 Å². The maximum absolute atomic E-state index is 12.3. The summed E-state index contributed by atoms with van der Waals surface area (Å²) in [7, 11) is 0. The van der Waals surface area contributed by atoms with Gasteiger partial charge in [0.05, 0.1) is 6.61 Å². The van der Waals surface area contributed by atoms with E-state index in [4.69, 9.17) is 9.05 Å². The van der Waals surface area contributed by atoms with Crippen molar-refractivity contribution in [2.45, 2.75) is 20.3 Å². The molecule has 0 aliphatic rings. The zero-order chi connectivity index (χ0) is 11.9. The van der Waals surface area contributed by atoms with Crippen LogP contribution in [0.15, 0.2) is 30.3 Å². The third-order valence-electron chi connectivity index (χ3n) is 1.70. The zero-order valence-electron chi connectivity index (χ0n) is 9.59. The fourth-order valence-corrected chi connectivity index (χ4v) is 4.52. The van der Waals surface area contributed by atoms with Gasteiger partial charge in [-0.05, 0) is 36.9 Å². The van der Waals surface area contributed by atoms with Gasteiger partial charge in [-0.15, -0.1) is 0 Å². The Morgan fingerprint density at radius 3 is 2.50 bits per heavy atom. The lowest BCUT2D eigenvalue weighted by Gasteiger charge is -2.17. The number of rotatable bonds is 7. The van der Waals surface area contributed by atoms with Crippen molar-refractivity contribution in [2.24, 2.45) is 0 Å². The number of para-hydroxylation sites is 1. The monoisotopic (exact) mass is 260 g/mol. The maximum atomic E-state index is 12.3. The van der Waals surface area contributed by atoms with Gasteiger partial charge in [0.2, 0.25) is 0 Å². The van der Waals surface area contributed by atoms with Gasteiger partial charge in [0.25, 0.3) is 0 Å². The first-order chi connectivity index (χ1) is 7.70. The van der Waals surface area contributed by atoms with E-state index in [-0.39, 0.29) is 0 Å². The third-order valence-corrected chi connectivity index (χ3v) is 5.65. The molecule has 1 rings (SSSR count). The summed E-state index contributed by atoms with van der Waals surface area (Å²) in [5, 5.41) is 0. The molecule has 16 heavy (non-hydrogen) atoms. The highest BCUT2D eigenvalue weighted by molar-refractivity contribution is 8.55. The van der Waals surface area contributed by atoms with Crippen molar-refractivity contribution in [2.75, 3.05) is 12.4 Å². The Morgan fingerprint density at radius 2 is 1.94 bits per heavy atom. The second-order valence-electron chi connectivity index (χ2n) is 3.10. The summed E-state index contributed by atoms with van der Waals surface area (Å²) in [6.07, 6.45) is 0.944. The normalized spacial score (nSPS) is 14.4. The molecule has 1 aromatic carbocycles. The van der Waals surface area contributed by atoms with Gasteiger partial charge in [0, 0.05) is 5.75 Å². The Labute approximate surface area is 101 Å². The van der Waals surface area contributed by atoms with E-state index in [0.29, 0.717) is 12.4 Å². The van der Waals surface area contributed by atoms with Gasteiger partial charge in [0.1, 0.15) is 5.75 Å². The molecule has 0 spiro atoms. The van der Waals surface area contributed by atoms with E-state index in [9.17, 15) is 4.57 Å². The van der Waals surface area contributed by atoms with Gasteiger partial charge in [-0.1, -0.05) is 25.1 Å². The molecule has 0 saturated heterocycles. The summed E-state index contributed by atoms with van der Waals surface area (Å²) >= 11 is 1.25. The van der Waals surface area contributed by atoms with Crippen LogP contribution >= 0.6 is 18.2 Å². The molecule has 0 aliphatic heterocycles. The molecule has 0 aromatic heterocycles. The van der Waals surface area contributed by atoms with E-state index in [1.54, 1.807) is 12.1 Å². The molecule has 1 atom stereocenters. The molecule has 5 heteroatoms. The predicted molar refractivity (Wildman–Crippen MR) is 69.1 cm³/mol. The van der Waals surface area contributed by atoms with Crippen molar-refractivity contribution in [3.8, 4) is 5.75 Å². The lowest BCUT2D eigenvalue weighted by atomic mass is 10.3. The summed E-state index contributed by atoms with van der Waals surface area (Å²) < 4.78 is 22.9. The number of hydrogen-bond acceptors (Lipinski definition) is 4. The van der Waals surface area contributed by atoms with Gasteiger partial charge >= 0.3 is 6.80 Å². The smallest absolute Gasteiger partial charge is 0.417 e. The van der Waals surface area contributed by atoms with E-state index < -0.39 is 6.80 Å². The molecule has 0 bridgehead atoms. The Morgan fingerprint density at radius 1 is 1.25 bits per heavy atom. The van der Waals surface area contributed by atoms with E-state index in [0.717, 1.165) is 12.2 Å². The average Bonchev–Trinajstić information content (AvgIpc) is 2.28. The molecule has 0 saturated carbocycles. The minimum absolute atomic E-state index is 0.390. The van der Waals surface area contributed by atoms with Crippen LogP contribution in [0.2, 0.25) is 0 Å². The Kier molecular flexibility index (Phi) is 5.96. The molecule has 0 N–H and O–H groups in total.